The van der Waals surface area contributed by atoms with E-state index in [1.807, 2.05) is 6.21 Å². The highest BCUT2D eigenvalue weighted by Crippen LogP contribution is 2.27. The van der Waals surface area contributed by atoms with Gasteiger partial charge in [0.05, 0.1) is 25.2 Å². The molecule has 1 saturated heterocycles. The Hall–Kier alpha value is -1.11. The zero-order valence-electron chi connectivity index (χ0n) is 9.59. The molecule has 86 valence electrons. The number of rotatable bonds is 0. The number of benzene rings is 1. The lowest BCUT2D eigenvalue weighted by molar-refractivity contribution is -0.0648. The van der Waals surface area contributed by atoms with Crippen LogP contribution in [0.4, 0.5) is 0 Å². The molecule has 2 nitrogen and oxygen atoms in total. The van der Waals surface area contributed by atoms with Crippen LogP contribution >= 0.6 is 15.9 Å². The van der Waals surface area contributed by atoms with Crippen LogP contribution in [0.3, 0.4) is 0 Å². The Balaban J connectivity index is 1.94. The number of fused-ring (bicyclic) bond motifs is 1. The largest absolute Gasteiger partial charge is 0.378 e. The fraction of sp³-hybridized carbons (Fsp3) is 0.357. The highest BCUT2D eigenvalue weighted by molar-refractivity contribution is 9.10. The van der Waals surface area contributed by atoms with Gasteiger partial charge in [-0.2, -0.15) is 0 Å². The molecule has 0 atom stereocenters. The van der Waals surface area contributed by atoms with Crippen LogP contribution in [0.25, 0.3) is 0 Å². The van der Waals surface area contributed by atoms with Crippen molar-refractivity contribution in [3.05, 3.63) is 33.3 Å². The first-order valence-electron chi connectivity index (χ1n) is 5.59. The molecule has 3 rings (SSSR count). The van der Waals surface area contributed by atoms with Gasteiger partial charge in [0.2, 0.25) is 0 Å². The highest BCUT2D eigenvalue weighted by Gasteiger charge is 2.31. The maximum atomic E-state index is 5.20. The highest BCUT2D eigenvalue weighted by atomic mass is 79.9. The van der Waals surface area contributed by atoms with E-state index in [1.165, 1.54) is 11.1 Å². The Morgan fingerprint density at radius 1 is 1.41 bits per heavy atom. The number of hydrogen-bond donors (Lipinski definition) is 0. The van der Waals surface area contributed by atoms with Crippen LogP contribution in [0.2, 0.25) is 0 Å². The second kappa shape index (κ2) is 3.97. The molecule has 0 amide bonds. The number of halogens is 1. The minimum atomic E-state index is 0.0367. The summed E-state index contributed by atoms with van der Waals surface area (Å²) in [7, 11) is 0. The molecule has 2 heterocycles. The fourth-order valence-electron chi connectivity index (χ4n) is 1.93. The maximum Gasteiger partial charge on any atom is 0.0756 e. The van der Waals surface area contributed by atoms with Crippen molar-refractivity contribution in [1.82, 2.24) is 0 Å². The summed E-state index contributed by atoms with van der Waals surface area (Å²) in [6, 6.07) is 4.22. The molecule has 0 bridgehead atoms. The molecule has 2 aliphatic heterocycles. The van der Waals surface area contributed by atoms with Gasteiger partial charge in [-0.15, -0.1) is 0 Å². The van der Waals surface area contributed by atoms with Gasteiger partial charge in [-0.1, -0.05) is 11.8 Å². The normalized spacial score (nSPS) is 19.2. The van der Waals surface area contributed by atoms with Gasteiger partial charge < -0.3 is 4.74 Å². The van der Waals surface area contributed by atoms with Crippen LogP contribution in [-0.4, -0.2) is 19.4 Å². The van der Waals surface area contributed by atoms with Crippen molar-refractivity contribution in [3.63, 3.8) is 0 Å². The van der Waals surface area contributed by atoms with Crippen LogP contribution in [0.15, 0.2) is 21.6 Å². The van der Waals surface area contributed by atoms with Crippen molar-refractivity contribution in [1.29, 1.82) is 0 Å². The molecular formula is C14H12BrNO. The fourth-order valence-corrected chi connectivity index (χ4v) is 2.39. The molecule has 1 aromatic carbocycles. The summed E-state index contributed by atoms with van der Waals surface area (Å²) in [5.74, 6) is 6.55. The van der Waals surface area contributed by atoms with E-state index >= 15 is 0 Å². The Morgan fingerprint density at radius 2 is 2.24 bits per heavy atom. The zero-order valence-corrected chi connectivity index (χ0v) is 11.2. The van der Waals surface area contributed by atoms with Gasteiger partial charge in [0.15, 0.2) is 0 Å². The minimum Gasteiger partial charge on any atom is -0.378 e. The molecule has 0 radical (unpaired) electrons. The second-order valence-electron chi connectivity index (χ2n) is 4.80. The van der Waals surface area contributed by atoms with E-state index in [-0.39, 0.29) is 5.41 Å². The summed E-state index contributed by atoms with van der Waals surface area (Å²) >= 11 is 3.56. The summed E-state index contributed by atoms with van der Waals surface area (Å²) in [5, 5.41) is 0. The average molecular weight is 290 g/mol. The van der Waals surface area contributed by atoms with E-state index < -0.39 is 0 Å². The van der Waals surface area contributed by atoms with Gasteiger partial charge in [-0.3, -0.25) is 4.99 Å². The topological polar surface area (TPSA) is 21.6 Å². The van der Waals surface area contributed by atoms with Gasteiger partial charge in [-0.05, 0) is 46.1 Å². The van der Waals surface area contributed by atoms with Crippen LogP contribution in [0.5, 0.6) is 0 Å². The van der Waals surface area contributed by atoms with Crippen molar-refractivity contribution in [2.75, 3.05) is 13.2 Å². The summed E-state index contributed by atoms with van der Waals surface area (Å²) in [4.78, 5) is 4.26. The minimum absolute atomic E-state index is 0.0367. The molecular weight excluding hydrogens is 278 g/mol. The molecule has 17 heavy (non-hydrogen) atoms. The third-order valence-corrected chi connectivity index (χ3v) is 3.72. The smallest absolute Gasteiger partial charge is 0.0756 e. The quantitative estimate of drug-likeness (QED) is 0.673. The molecule has 0 spiro atoms. The Bertz CT molecular complexity index is 562. The lowest BCUT2D eigenvalue weighted by atomic mass is 9.89. The molecule has 2 aliphatic rings. The van der Waals surface area contributed by atoms with E-state index in [2.05, 4.69) is 51.8 Å². The molecule has 0 N–H and O–H groups in total. The summed E-state index contributed by atoms with van der Waals surface area (Å²) in [5.41, 5.74) is 3.53. The first-order chi connectivity index (χ1) is 8.16. The summed E-state index contributed by atoms with van der Waals surface area (Å²) < 4.78 is 6.24. The van der Waals surface area contributed by atoms with Crippen molar-refractivity contribution in [3.8, 4) is 11.8 Å². The standard InChI is InChI=1S/C14H12BrNO/c1-14(8-17-9-14)3-2-10-4-11-6-16-7-12(11)5-13(10)15/h4-5,7H,6,8-9H2,1H3. The predicted molar refractivity (Wildman–Crippen MR) is 71.2 cm³/mol. The maximum absolute atomic E-state index is 5.20. The molecule has 1 fully saturated rings. The van der Waals surface area contributed by atoms with E-state index in [9.17, 15) is 0 Å². The third-order valence-electron chi connectivity index (χ3n) is 3.06. The van der Waals surface area contributed by atoms with E-state index in [1.54, 1.807) is 0 Å². The SMILES string of the molecule is CC1(C#Cc2cc3c(cc2Br)C=NC3)COC1. The van der Waals surface area contributed by atoms with Gasteiger partial charge in [0.25, 0.3) is 0 Å². The molecule has 3 heteroatoms. The monoisotopic (exact) mass is 289 g/mol. The lowest BCUT2D eigenvalue weighted by Gasteiger charge is -2.32. The lowest BCUT2D eigenvalue weighted by Crippen LogP contribution is -2.38. The van der Waals surface area contributed by atoms with Crippen LogP contribution in [-0.2, 0) is 11.3 Å². The summed E-state index contributed by atoms with van der Waals surface area (Å²) in [6.45, 7) is 4.39. The molecule has 0 aromatic heterocycles. The Kier molecular flexibility index (Phi) is 2.57. The van der Waals surface area contributed by atoms with Crippen molar-refractivity contribution < 1.29 is 4.74 Å². The van der Waals surface area contributed by atoms with Crippen molar-refractivity contribution >= 4 is 22.1 Å². The molecule has 1 aromatic rings. The average Bonchev–Trinajstić information content (AvgIpc) is 2.70. The van der Waals surface area contributed by atoms with Crippen LogP contribution in [0, 0.1) is 17.3 Å². The molecule has 0 unspecified atom stereocenters. The predicted octanol–water partition coefficient (Wildman–Crippen LogP) is 2.77. The van der Waals surface area contributed by atoms with E-state index in [4.69, 9.17) is 4.74 Å². The number of aliphatic imine (C=N–C) groups is 1. The Morgan fingerprint density at radius 3 is 2.94 bits per heavy atom. The van der Waals surface area contributed by atoms with Crippen molar-refractivity contribution in [2.45, 2.75) is 13.5 Å². The Labute approximate surface area is 109 Å². The van der Waals surface area contributed by atoms with Gasteiger partial charge in [-0.25, -0.2) is 0 Å². The number of nitrogens with zero attached hydrogens (tertiary/aromatic N) is 1. The molecule has 0 saturated carbocycles. The first kappa shape index (κ1) is 11.0. The first-order valence-corrected chi connectivity index (χ1v) is 6.39. The van der Waals surface area contributed by atoms with Crippen molar-refractivity contribution in [2.24, 2.45) is 10.4 Å². The van der Waals surface area contributed by atoms with Gasteiger partial charge >= 0.3 is 0 Å². The second-order valence-corrected chi connectivity index (χ2v) is 5.66. The van der Waals surface area contributed by atoms with E-state index in [0.717, 1.165) is 29.8 Å². The summed E-state index contributed by atoms with van der Waals surface area (Å²) in [6.07, 6.45) is 1.92. The third kappa shape index (κ3) is 2.03. The number of hydrogen-bond acceptors (Lipinski definition) is 2. The molecule has 0 aliphatic carbocycles. The zero-order chi connectivity index (χ0) is 11.9. The van der Waals surface area contributed by atoms with Crippen LogP contribution in [0.1, 0.15) is 23.6 Å². The van der Waals surface area contributed by atoms with Gasteiger partial charge in [0.1, 0.15) is 0 Å². The van der Waals surface area contributed by atoms with E-state index in [0.29, 0.717) is 0 Å². The number of ether oxygens (including phenoxy) is 1. The van der Waals surface area contributed by atoms with Gasteiger partial charge in [0, 0.05) is 16.3 Å². The van der Waals surface area contributed by atoms with Crippen LogP contribution < -0.4 is 0 Å².